The summed E-state index contributed by atoms with van der Waals surface area (Å²) in [6.07, 6.45) is 4.70. The van der Waals surface area contributed by atoms with Crippen LogP contribution in [0.1, 0.15) is 19.7 Å². The normalized spacial score (nSPS) is 9.18. The number of hydrogen-bond acceptors (Lipinski definition) is 3. The van der Waals surface area contributed by atoms with Gasteiger partial charge in [0, 0.05) is 18.8 Å². The van der Waals surface area contributed by atoms with Crippen LogP contribution in [0.2, 0.25) is 0 Å². The van der Waals surface area contributed by atoms with Crippen molar-refractivity contribution >= 4 is 0 Å². The fraction of sp³-hybridized carbons (Fsp3) is 0.571. The Balaban J connectivity index is 0.000000461. The maximum Gasteiger partial charge on any atom is 0.106 e. The van der Waals surface area contributed by atoms with Crippen LogP contribution in [-0.4, -0.2) is 9.97 Å². The molecule has 0 amide bonds. The molecule has 5 N–H and O–H groups in total. The highest BCUT2D eigenvalue weighted by Gasteiger charge is 1.96. The lowest BCUT2D eigenvalue weighted by Gasteiger charge is -1.98. The first-order valence-corrected chi connectivity index (χ1v) is 3.60. The van der Waals surface area contributed by atoms with Crippen molar-refractivity contribution in [2.24, 2.45) is 17.6 Å². The summed E-state index contributed by atoms with van der Waals surface area (Å²) < 4.78 is 0. The zero-order chi connectivity index (χ0) is 8.69. The number of nitrogens with one attached hydrogen (secondary N) is 1. The second-order valence-corrected chi connectivity index (χ2v) is 2.63. The third-order valence-electron chi connectivity index (χ3n) is 1.16. The molecule has 1 rings (SSSR count). The minimum absolute atomic E-state index is 0.691. The van der Waals surface area contributed by atoms with Crippen LogP contribution >= 0.6 is 0 Å². The van der Waals surface area contributed by atoms with Gasteiger partial charge in [-0.25, -0.2) is 4.98 Å². The molecule has 4 nitrogen and oxygen atoms in total. The molecule has 0 bridgehead atoms. The highest BCUT2D eigenvalue weighted by atomic mass is 15.0. The Morgan fingerprint density at radius 1 is 1.55 bits per heavy atom. The van der Waals surface area contributed by atoms with Crippen LogP contribution in [0.15, 0.2) is 12.4 Å². The van der Waals surface area contributed by atoms with E-state index in [4.69, 9.17) is 0 Å². The number of nitrogens with zero attached hydrogens (tertiary/aromatic N) is 1. The van der Waals surface area contributed by atoms with Crippen molar-refractivity contribution in [1.29, 1.82) is 0 Å². The fourth-order valence-corrected chi connectivity index (χ4v) is 0.796. The number of hydrazine groups is 1. The number of hydrogen-bond donors (Lipinski definition) is 3. The van der Waals surface area contributed by atoms with Crippen LogP contribution in [0.25, 0.3) is 0 Å². The lowest BCUT2D eigenvalue weighted by Crippen LogP contribution is -2.02. The standard InChI is InChI=1S/C7H12N2.H4N2/c1-6(2)5-7-8-3-4-9-7;1-2/h3-4,6H,5H2,1-2H3,(H,8,9);1-2H2. The van der Waals surface area contributed by atoms with Gasteiger partial charge in [0.2, 0.25) is 0 Å². The van der Waals surface area contributed by atoms with Crippen molar-refractivity contribution in [3.05, 3.63) is 18.2 Å². The van der Waals surface area contributed by atoms with E-state index in [0.29, 0.717) is 5.92 Å². The van der Waals surface area contributed by atoms with Gasteiger partial charge in [-0.05, 0) is 5.92 Å². The molecule has 0 aliphatic heterocycles. The summed E-state index contributed by atoms with van der Waals surface area (Å²) in [5, 5.41) is 0. The molecule has 1 aromatic heterocycles. The maximum absolute atomic E-state index is 4.10. The second kappa shape index (κ2) is 5.88. The number of imidazole rings is 1. The van der Waals surface area contributed by atoms with E-state index in [1.807, 2.05) is 6.20 Å². The molecule has 0 aliphatic rings. The minimum Gasteiger partial charge on any atom is -0.349 e. The highest BCUT2D eigenvalue weighted by Crippen LogP contribution is 2.00. The van der Waals surface area contributed by atoms with Crippen molar-refractivity contribution in [3.63, 3.8) is 0 Å². The van der Waals surface area contributed by atoms with E-state index in [0.717, 1.165) is 12.2 Å². The number of aromatic amines is 1. The van der Waals surface area contributed by atoms with Gasteiger partial charge in [-0.15, -0.1) is 0 Å². The van der Waals surface area contributed by atoms with Crippen molar-refractivity contribution in [2.45, 2.75) is 20.3 Å². The lowest BCUT2D eigenvalue weighted by molar-refractivity contribution is 0.626. The summed E-state index contributed by atoms with van der Waals surface area (Å²) in [5.74, 6) is 9.78. The minimum atomic E-state index is 0.691. The van der Waals surface area contributed by atoms with Gasteiger partial charge in [-0.3, -0.25) is 11.7 Å². The Hall–Kier alpha value is -0.870. The van der Waals surface area contributed by atoms with E-state index in [-0.39, 0.29) is 0 Å². The van der Waals surface area contributed by atoms with Gasteiger partial charge in [0.15, 0.2) is 0 Å². The summed E-state index contributed by atoms with van der Waals surface area (Å²) in [4.78, 5) is 7.16. The third-order valence-corrected chi connectivity index (χ3v) is 1.16. The second-order valence-electron chi connectivity index (χ2n) is 2.63. The molecule has 0 spiro atoms. The largest absolute Gasteiger partial charge is 0.349 e. The predicted molar refractivity (Wildman–Crippen MR) is 45.5 cm³/mol. The van der Waals surface area contributed by atoms with E-state index >= 15 is 0 Å². The van der Waals surface area contributed by atoms with Gasteiger partial charge in [0.25, 0.3) is 0 Å². The summed E-state index contributed by atoms with van der Waals surface area (Å²) in [6, 6.07) is 0. The van der Waals surface area contributed by atoms with Gasteiger partial charge in [-0.1, -0.05) is 13.8 Å². The SMILES string of the molecule is CC(C)Cc1ncc[nH]1.NN. The topological polar surface area (TPSA) is 80.7 Å². The molecule has 0 unspecified atom stereocenters. The number of aromatic nitrogens is 2. The quantitative estimate of drug-likeness (QED) is 0.429. The summed E-state index contributed by atoms with van der Waals surface area (Å²) >= 11 is 0. The van der Waals surface area contributed by atoms with Crippen molar-refractivity contribution in [1.82, 2.24) is 9.97 Å². The molecule has 0 atom stereocenters. The smallest absolute Gasteiger partial charge is 0.106 e. The first-order valence-electron chi connectivity index (χ1n) is 3.60. The first-order chi connectivity index (χ1) is 5.29. The Labute approximate surface area is 67.0 Å². The zero-order valence-electron chi connectivity index (χ0n) is 7.04. The first kappa shape index (κ1) is 10.1. The van der Waals surface area contributed by atoms with Gasteiger partial charge in [-0.2, -0.15) is 0 Å². The van der Waals surface area contributed by atoms with Crippen molar-refractivity contribution in [2.75, 3.05) is 0 Å². The molecular formula is C7H16N4. The molecule has 64 valence electrons. The van der Waals surface area contributed by atoms with Crippen molar-refractivity contribution in [3.8, 4) is 0 Å². The van der Waals surface area contributed by atoms with Crippen LogP contribution in [0, 0.1) is 5.92 Å². The predicted octanol–water partition coefficient (Wildman–Crippen LogP) is 0.427. The molecule has 0 saturated heterocycles. The highest BCUT2D eigenvalue weighted by molar-refractivity contribution is 4.87. The van der Waals surface area contributed by atoms with Crippen LogP contribution in [0.5, 0.6) is 0 Å². The van der Waals surface area contributed by atoms with Crippen molar-refractivity contribution < 1.29 is 0 Å². The van der Waals surface area contributed by atoms with Crippen LogP contribution in [0.4, 0.5) is 0 Å². The average Bonchev–Trinajstić information content (AvgIpc) is 2.43. The zero-order valence-corrected chi connectivity index (χ0v) is 7.04. The third kappa shape index (κ3) is 4.52. The number of rotatable bonds is 2. The Bertz CT molecular complexity index is 157. The fourth-order valence-electron chi connectivity index (χ4n) is 0.796. The summed E-state index contributed by atoms with van der Waals surface area (Å²) in [7, 11) is 0. The summed E-state index contributed by atoms with van der Waals surface area (Å²) in [6.45, 7) is 4.37. The van der Waals surface area contributed by atoms with Gasteiger partial charge >= 0.3 is 0 Å². The maximum atomic E-state index is 4.10. The van der Waals surface area contributed by atoms with Crippen LogP contribution in [0.3, 0.4) is 0 Å². The molecular weight excluding hydrogens is 140 g/mol. The molecule has 1 heterocycles. The molecule has 0 saturated carbocycles. The van der Waals surface area contributed by atoms with Gasteiger partial charge in [0.1, 0.15) is 5.82 Å². The molecule has 11 heavy (non-hydrogen) atoms. The molecule has 0 aromatic carbocycles. The van der Waals surface area contributed by atoms with E-state index in [1.54, 1.807) is 6.20 Å². The molecule has 0 radical (unpaired) electrons. The van der Waals surface area contributed by atoms with E-state index in [1.165, 1.54) is 0 Å². The van der Waals surface area contributed by atoms with Crippen LogP contribution < -0.4 is 11.7 Å². The molecule has 0 fully saturated rings. The monoisotopic (exact) mass is 156 g/mol. The van der Waals surface area contributed by atoms with Gasteiger partial charge in [0.05, 0.1) is 0 Å². The lowest BCUT2D eigenvalue weighted by atomic mass is 10.1. The Morgan fingerprint density at radius 3 is 2.55 bits per heavy atom. The molecule has 4 heteroatoms. The average molecular weight is 156 g/mol. The van der Waals surface area contributed by atoms with E-state index in [2.05, 4.69) is 35.5 Å². The number of nitrogens with two attached hydrogens (primary N) is 2. The van der Waals surface area contributed by atoms with Gasteiger partial charge < -0.3 is 4.98 Å². The van der Waals surface area contributed by atoms with Crippen LogP contribution in [-0.2, 0) is 6.42 Å². The Kier molecular flexibility index (Phi) is 5.42. The summed E-state index contributed by atoms with van der Waals surface area (Å²) in [5.41, 5.74) is 0. The Morgan fingerprint density at radius 2 is 2.18 bits per heavy atom. The molecule has 0 aliphatic carbocycles. The molecule has 1 aromatic rings. The number of H-pyrrole nitrogens is 1. The van der Waals surface area contributed by atoms with E-state index in [9.17, 15) is 0 Å². The van der Waals surface area contributed by atoms with E-state index < -0.39 is 0 Å².